The molecule has 2 unspecified atom stereocenters. The van der Waals surface area contributed by atoms with Crippen LogP contribution in [0.25, 0.3) is 11.4 Å². The first-order chi connectivity index (χ1) is 11.2. The molecule has 6 heteroatoms. The number of aromatic nitrogens is 2. The molecule has 0 saturated carbocycles. The zero-order chi connectivity index (χ0) is 16.1. The Morgan fingerprint density at radius 3 is 2.91 bits per heavy atom. The summed E-state index contributed by atoms with van der Waals surface area (Å²) in [5.74, 6) is 1.59. The lowest BCUT2D eigenvalue weighted by molar-refractivity contribution is -0.117. The van der Waals surface area contributed by atoms with Gasteiger partial charge in [-0.3, -0.25) is 4.79 Å². The molecule has 1 aromatic carbocycles. The molecule has 6 nitrogen and oxygen atoms in total. The number of piperidine rings is 1. The van der Waals surface area contributed by atoms with Crippen molar-refractivity contribution in [1.82, 2.24) is 15.5 Å². The van der Waals surface area contributed by atoms with Gasteiger partial charge in [-0.15, -0.1) is 0 Å². The van der Waals surface area contributed by atoms with Gasteiger partial charge in [-0.1, -0.05) is 12.1 Å². The van der Waals surface area contributed by atoms with Crippen LogP contribution in [0.4, 0.5) is 5.69 Å². The standard InChI is InChI=1S/C17H22N4O2/c1-12(14-3-2-8-18-10-14)9-16(22)20-15-6-4-13(5-7-15)17-19-11-23-21-17/h4-7,11-12,14,18H,2-3,8-10H2,1H3,(H,20,22). The van der Waals surface area contributed by atoms with Gasteiger partial charge in [-0.25, -0.2) is 0 Å². The van der Waals surface area contributed by atoms with Crippen molar-refractivity contribution in [2.45, 2.75) is 26.2 Å². The van der Waals surface area contributed by atoms with Gasteiger partial charge in [0.05, 0.1) is 0 Å². The summed E-state index contributed by atoms with van der Waals surface area (Å²) in [6, 6.07) is 7.46. The third kappa shape index (κ3) is 4.16. The van der Waals surface area contributed by atoms with E-state index >= 15 is 0 Å². The van der Waals surface area contributed by atoms with E-state index in [4.69, 9.17) is 4.52 Å². The highest BCUT2D eigenvalue weighted by atomic mass is 16.5. The minimum atomic E-state index is 0.0652. The Morgan fingerprint density at radius 2 is 2.26 bits per heavy atom. The molecule has 122 valence electrons. The van der Waals surface area contributed by atoms with Crippen LogP contribution < -0.4 is 10.6 Å². The van der Waals surface area contributed by atoms with Crippen LogP contribution >= 0.6 is 0 Å². The van der Waals surface area contributed by atoms with Crippen molar-refractivity contribution in [3.05, 3.63) is 30.7 Å². The topological polar surface area (TPSA) is 80.1 Å². The smallest absolute Gasteiger partial charge is 0.224 e. The van der Waals surface area contributed by atoms with E-state index in [0.29, 0.717) is 24.1 Å². The molecule has 0 radical (unpaired) electrons. The number of nitrogens with one attached hydrogen (secondary N) is 2. The Morgan fingerprint density at radius 1 is 1.43 bits per heavy atom. The normalized spacial score (nSPS) is 19.3. The first-order valence-electron chi connectivity index (χ1n) is 8.10. The van der Waals surface area contributed by atoms with Gasteiger partial charge < -0.3 is 15.2 Å². The molecule has 3 rings (SSSR count). The number of hydrogen-bond donors (Lipinski definition) is 2. The lowest BCUT2D eigenvalue weighted by Crippen LogP contribution is -2.34. The Bertz CT molecular complexity index is 619. The van der Waals surface area contributed by atoms with E-state index in [2.05, 4.69) is 27.7 Å². The maximum Gasteiger partial charge on any atom is 0.224 e. The van der Waals surface area contributed by atoms with E-state index in [1.807, 2.05) is 24.3 Å². The lowest BCUT2D eigenvalue weighted by atomic mass is 9.85. The average molecular weight is 314 g/mol. The van der Waals surface area contributed by atoms with Gasteiger partial charge in [0.25, 0.3) is 0 Å². The van der Waals surface area contributed by atoms with Crippen LogP contribution in [-0.4, -0.2) is 29.1 Å². The van der Waals surface area contributed by atoms with E-state index in [-0.39, 0.29) is 5.91 Å². The van der Waals surface area contributed by atoms with Gasteiger partial charge in [0, 0.05) is 17.7 Å². The monoisotopic (exact) mass is 314 g/mol. The number of benzene rings is 1. The highest BCUT2D eigenvalue weighted by Gasteiger charge is 2.22. The van der Waals surface area contributed by atoms with Crippen molar-refractivity contribution in [1.29, 1.82) is 0 Å². The Hall–Kier alpha value is -2.21. The second-order valence-corrected chi connectivity index (χ2v) is 6.17. The second-order valence-electron chi connectivity index (χ2n) is 6.17. The van der Waals surface area contributed by atoms with Crippen LogP contribution in [0.3, 0.4) is 0 Å². The number of nitrogens with zero attached hydrogens (tertiary/aromatic N) is 2. The third-order valence-electron chi connectivity index (χ3n) is 4.44. The summed E-state index contributed by atoms with van der Waals surface area (Å²) in [6.07, 6.45) is 4.26. The van der Waals surface area contributed by atoms with Crippen LogP contribution in [0.15, 0.2) is 35.2 Å². The first-order valence-corrected chi connectivity index (χ1v) is 8.10. The molecule has 0 bridgehead atoms. The van der Waals surface area contributed by atoms with E-state index in [1.165, 1.54) is 19.2 Å². The SMILES string of the molecule is CC(CC(=O)Nc1ccc(-c2ncon2)cc1)C1CCCNC1. The van der Waals surface area contributed by atoms with Gasteiger partial charge >= 0.3 is 0 Å². The number of hydrogen-bond acceptors (Lipinski definition) is 5. The van der Waals surface area contributed by atoms with Gasteiger partial charge in [0.1, 0.15) is 0 Å². The summed E-state index contributed by atoms with van der Waals surface area (Å²) in [4.78, 5) is 16.2. The number of carbonyl (C=O) groups is 1. The van der Waals surface area contributed by atoms with E-state index in [0.717, 1.165) is 24.3 Å². The fourth-order valence-electron chi connectivity index (χ4n) is 3.04. The molecule has 1 aliphatic rings. The molecule has 1 amide bonds. The van der Waals surface area contributed by atoms with Crippen molar-refractivity contribution >= 4 is 11.6 Å². The van der Waals surface area contributed by atoms with Crippen LogP contribution in [0.1, 0.15) is 26.2 Å². The van der Waals surface area contributed by atoms with Crippen molar-refractivity contribution < 1.29 is 9.32 Å². The molecule has 1 aliphatic heterocycles. The Kier molecular flexibility index (Phi) is 5.02. The first kappa shape index (κ1) is 15.7. The predicted molar refractivity (Wildman–Crippen MR) is 87.7 cm³/mol. The molecule has 1 fully saturated rings. The zero-order valence-electron chi connectivity index (χ0n) is 13.3. The minimum absolute atomic E-state index is 0.0652. The van der Waals surface area contributed by atoms with Crippen molar-refractivity contribution in [3.63, 3.8) is 0 Å². The summed E-state index contributed by atoms with van der Waals surface area (Å²) in [5, 5.41) is 10.2. The average Bonchev–Trinajstić information content (AvgIpc) is 3.11. The van der Waals surface area contributed by atoms with Crippen molar-refractivity contribution in [3.8, 4) is 11.4 Å². The highest BCUT2D eigenvalue weighted by Crippen LogP contribution is 2.23. The molecule has 0 aliphatic carbocycles. The largest absolute Gasteiger partial charge is 0.342 e. The highest BCUT2D eigenvalue weighted by molar-refractivity contribution is 5.91. The Balaban J connectivity index is 1.53. The van der Waals surface area contributed by atoms with Gasteiger partial charge in [-0.05, 0) is 62.0 Å². The predicted octanol–water partition coefficient (Wildman–Crippen LogP) is 2.70. The molecule has 1 aromatic heterocycles. The van der Waals surface area contributed by atoms with Crippen LogP contribution in [0.5, 0.6) is 0 Å². The summed E-state index contributed by atoms with van der Waals surface area (Å²) in [6.45, 7) is 4.28. The number of carbonyl (C=O) groups excluding carboxylic acids is 1. The molecular formula is C17H22N4O2. The lowest BCUT2D eigenvalue weighted by Gasteiger charge is -2.28. The van der Waals surface area contributed by atoms with E-state index < -0.39 is 0 Å². The second kappa shape index (κ2) is 7.37. The van der Waals surface area contributed by atoms with Crippen LogP contribution in [0, 0.1) is 11.8 Å². The Labute approximate surface area is 135 Å². The van der Waals surface area contributed by atoms with Gasteiger partial charge in [-0.2, -0.15) is 4.98 Å². The van der Waals surface area contributed by atoms with Crippen LogP contribution in [-0.2, 0) is 4.79 Å². The summed E-state index contributed by atoms with van der Waals surface area (Å²) >= 11 is 0. The minimum Gasteiger partial charge on any atom is -0.342 e. The fourth-order valence-corrected chi connectivity index (χ4v) is 3.04. The number of anilines is 1. The summed E-state index contributed by atoms with van der Waals surface area (Å²) in [7, 11) is 0. The molecular weight excluding hydrogens is 292 g/mol. The fraction of sp³-hybridized carbons (Fsp3) is 0.471. The molecule has 2 atom stereocenters. The van der Waals surface area contributed by atoms with Gasteiger partial charge in [0.15, 0.2) is 0 Å². The van der Waals surface area contributed by atoms with Crippen molar-refractivity contribution in [2.75, 3.05) is 18.4 Å². The zero-order valence-corrected chi connectivity index (χ0v) is 13.3. The van der Waals surface area contributed by atoms with Crippen molar-refractivity contribution in [2.24, 2.45) is 11.8 Å². The molecule has 2 heterocycles. The number of rotatable bonds is 5. The van der Waals surface area contributed by atoms with E-state index in [9.17, 15) is 4.79 Å². The maximum absolute atomic E-state index is 12.2. The molecule has 23 heavy (non-hydrogen) atoms. The van der Waals surface area contributed by atoms with E-state index in [1.54, 1.807) is 0 Å². The summed E-state index contributed by atoms with van der Waals surface area (Å²) < 4.78 is 4.73. The summed E-state index contributed by atoms with van der Waals surface area (Å²) in [5.41, 5.74) is 1.65. The van der Waals surface area contributed by atoms with Crippen LogP contribution in [0.2, 0.25) is 0 Å². The molecule has 2 N–H and O–H groups in total. The molecule has 1 saturated heterocycles. The quantitative estimate of drug-likeness (QED) is 0.887. The molecule has 0 spiro atoms. The third-order valence-corrected chi connectivity index (χ3v) is 4.44. The maximum atomic E-state index is 12.2. The molecule has 2 aromatic rings. The number of amides is 1. The van der Waals surface area contributed by atoms with Gasteiger partial charge in [0.2, 0.25) is 18.1 Å².